The second-order valence-corrected chi connectivity index (χ2v) is 3.53. The molecule has 0 bridgehead atoms. The molecule has 0 aliphatic heterocycles. The first-order valence-corrected chi connectivity index (χ1v) is 4.46. The number of carbonyl (C=O) groups excluding carboxylic acids is 1. The summed E-state index contributed by atoms with van der Waals surface area (Å²) < 4.78 is 0. The second kappa shape index (κ2) is 4.23. The Bertz CT molecular complexity index is 259. The predicted molar refractivity (Wildman–Crippen MR) is 50.1 cm³/mol. The van der Waals surface area contributed by atoms with E-state index in [0.717, 1.165) is 16.2 Å². The summed E-state index contributed by atoms with van der Waals surface area (Å²) in [5.74, 6) is 0. The van der Waals surface area contributed by atoms with Crippen LogP contribution in [0.2, 0.25) is 0 Å². The van der Waals surface area contributed by atoms with Crippen LogP contribution in [0.1, 0.15) is 9.67 Å². The number of aliphatic hydroxyl groups excluding tert-OH is 1. The van der Waals surface area contributed by atoms with Crippen LogP contribution < -0.4 is 4.90 Å². The molecule has 3 nitrogen and oxygen atoms in total. The van der Waals surface area contributed by atoms with Crippen LogP contribution in [0, 0.1) is 0 Å². The van der Waals surface area contributed by atoms with Crippen molar-refractivity contribution in [3.8, 4) is 0 Å². The highest BCUT2D eigenvalue weighted by molar-refractivity contribution is 7.17. The fourth-order valence-corrected chi connectivity index (χ4v) is 1.68. The van der Waals surface area contributed by atoms with Crippen molar-refractivity contribution in [2.45, 2.75) is 0 Å². The van der Waals surface area contributed by atoms with Gasteiger partial charge in [0, 0.05) is 13.6 Å². The number of aldehydes is 1. The summed E-state index contributed by atoms with van der Waals surface area (Å²) in [7, 11) is 1.89. The van der Waals surface area contributed by atoms with Crippen LogP contribution in [0.3, 0.4) is 0 Å². The number of aliphatic hydroxyl groups is 1. The number of thiophene rings is 1. The molecule has 0 saturated heterocycles. The Morgan fingerprint density at radius 2 is 2.42 bits per heavy atom. The first-order valence-electron chi connectivity index (χ1n) is 3.65. The minimum Gasteiger partial charge on any atom is -0.395 e. The molecule has 1 heterocycles. The number of hydrogen-bond donors (Lipinski definition) is 1. The number of rotatable bonds is 4. The molecule has 0 fully saturated rings. The molecule has 12 heavy (non-hydrogen) atoms. The molecule has 1 aromatic rings. The zero-order chi connectivity index (χ0) is 8.97. The van der Waals surface area contributed by atoms with Gasteiger partial charge in [0.15, 0.2) is 6.29 Å². The van der Waals surface area contributed by atoms with Crippen molar-refractivity contribution in [1.82, 2.24) is 0 Å². The van der Waals surface area contributed by atoms with Crippen molar-refractivity contribution in [1.29, 1.82) is 0 Å². The van der Waals surface area contributed by atoms with Gasteiger partial charge in [-0.05, 0) is 12.1 Å². The Morgan fingerprint density at radius 3 is 2.92 bits per heavy atom. The molecule has 1 aromatic heterocycles. The Hall–Kier alpha value is -0.870. The lowest BCUT2D eigenvalue weighted by atomic mass is 10.5. The van der Waals surface area contributed by atoms with Crippen LogP contribution in [0.15, 0.2) is 12.1 Å². The van der Waals surface area contributed by atoms with E-state index in [1.807, 2.05) is 18.0 Å². The number of likely N-dealkylation sites (N-methyl/N-ethyl adjacent to an activating group) is 1. The highest BCUT2D eigenvalue weighted by Gasteiger charge is 2.02. The zero-order valence-electron chi connectivity index (χ0n) is 6.86. The summed E-state index contributed by atoms with van der Waals surface area (Å²) in [4.78, 5) is 13.0. The SMILES string of the molecule is CN(CCO)c1ccc(C=O)s1. The predicted octanol–water partition coefficient (Wildman–Crippen LogP) is 0.989. The van der Waals surface area contributed by atoms with Gasteiger partial charge in [0.2, 0.25) is 0 Å². The maximum atomic E-state index is 10.3. The quantitative estimate of drug-likeness (QED) is 0.711. The van der Waals surface area contributed by atoms with Gasteiger partial charge in [-0.15, -0.1) is 11.3 Å². The first kappa shape index (κ1) is 9.22. The Balaban J connectivity index is 2.67. The van der Waals surface area contributed by atoms with Crippen LogP contribution >= 0.6 is 11.3 Å². The van der Waals surface area contributed by atoms with Gasteiger partial charge in [0.05, 0.1) is 16.5 Å². The average molecular weight is 185 g/mol. The van der Waals surface area contributed by atoms with Crippen LogP contribution in [0.4, 0.5) is 5.00 Å². The Kier molecular flexibility index (Phi) is 3.25. The van der Waals surface area contributed by atoms with Crippen LogP contribution in [-0.2, 0) is 0 Å². The van der Waals surface area contributed by atoms with Crippen molar-refractivity contribution < 1.29 is 9.90 Å². The van der Waals surface area contributed by atoms with E-state index in [0.29, 0.717) is 6.54 Å². The van der Waals surface area contributed by atoms with Gasteiger partial charge in [0.1, 0.15) is 0 Å². The van der Waals surface area contributed by atoms with Gasteiger partial charge in [-0.25, -0.2) is 0 Å². The maximum Gasteiger partial charge on any atom is 0.160 e. The highest BCUT2D eigenvalue weighted by Crippen LogP contribution is 2.23. The fourth-order valence-electron chi connectivity index (χ4n) is 0.871. The highest BCUT2D eigenvalue weighted by atomic mass is 32.1. The van der Waals surface area contributed by atoms with Crippen LogP contribution in [0.5, 0.6) is 0 Å². The summed E-state index contributed by atoms with van der Waals surface area (Å²) in [5, 5.41) is 9.66. The van der Waals surface area contributed by atoms with Crippen molar-refractivity contribution in [2.75, 3.05) is 25.1 Å². The molecule has 66 valence electrons. The lowest BCUT2D eigenvalue weighted by molar-refractivity contribution is 0.112. The topological polar surface area (TPSA) is 40.5 Å². The van der Waals surface area contributed by atoms with E-state index in [2.05, 4.69) is 0 Å². The smallest absolute Gasteiger partial charge is 0.160 e. The van der Waals surface area contributed by atoms with E-state index in [4.69, 9.17) is 5.11 Å². The molecule has 0 amide bonds. The fraction of sp³-hybridized carbons (Fsp3) is 0.375. The molecule has 0 aliphatic rings. The third kappa shape index (κ3) is 2.06. The molecule has 0 unspecified atom stereocenters. The van der Waals surface area contributed by atoms with Gasteiger partial charge >= 0.3 is 0 Å². The maximum absolute atomic E-state index is 10.3. The molecule has 4 heteroatoms. The van der Waals surface area contributed by atoms with E-state index in [9.17, 15) is 4.79 Å². The molecule has 1 N–H and O–H groups in total. The minimum absolute atomic E-state index is 0.130. The first-order chi connectivity index (χ1) is 5.77. The summed E-state index contributed by atoms with van der Waals surface area (Å²) >= 11 is 1.43. The summed E-state index contributed by atoms with van der Waals surface area (Å²) in [6, 6.07) is 3.66. The van der Waals surface area contributed by atoms with E-state index < -0.39 is 0 Å². The van der Waals surface area contributed by atoms with Gasteiger partial charge in [-0.3, -0.25) is 4.79 Å². The normalized spacial score (nSPS) is 9.83. The zero-order valence-corrected chi connectivity index (χ0v) is 7.67. The lowest BCUT2D eigenvalue weighted by Crippen LogP contribution is -2.19. The molecule has 1 rings (SSSR count). The van der Waals surface area contributed by atoms with Crippen molar-refractivity contribution in [3.05, 3.63) is 17.0 Å². The summed E-state index contributed by atoms with van der Waals surface area (Å²) in [6.45, 7) is 0.726. The van der Waals surface area contributed by atoms with E-state index in [1.54, 1.807) is 6.07 Å². The largest absolute Gasteiger partial charge is 0.395 e. The summed E-state index contributed by atoms with van der Waals surface area (Å²) in [6.07, 6.45) is 0.834. The molecule has 0 spiro atoms. The van der Waals surface area contributed by atoms with Crippen molar-refractivity contribution >= 4 is 22.6 Å². The molecule has 0 saturated carbocycles. The summed E-state index contributed by atoms with van der Waals surface area (Å²) in [5.41, 5.74) is 0. The Morgan fingerprint density at radius 1 is 1.67 bits per heavy atom. The van der Waals surface area contributed by atoms with Crippen LogP contribution in [-0.4, -0.2) is 31.6 Å². The standard InChI is InChI=1S/C8H11NO2S/c1-9(4-5-10)8-3-2-7(6-11)12-8/h2-3,6,10H,4-5H2,1H3. The van der Waals surface area contributed by atoms with Gasteiger partial charge < -0.3 is 10.0 Å². The monoisotopic (exact) mass is 185 g/mol. The Labute approximate surface area is 75.2 Å². The average Bonchev–Trinajstić information content (AvgIpc) is 2.52. The van der Waals surface area contributed by atoms with E-state index in [1.165, 1.54) is 11.3 Å². The number of anilines is 1. The van der Waals surface area contributed by atoms with Gasteiger partial charge in [-0.2, -0.15) is 0 Å². The molecular weight excluding hydrogens is 174 g/mol. The number of hydrogen-bond acceptors (Lipinski definition) is 4. The van der Waals surface area contributed by atoms with Crippen LogP contribution in [0.25, 0.3) is 0 Å². The lowest BCUT2D eigenvalue weighted by Gasteiger charge is -2.14. The molecule has 0 aliphatic carbocycles. The molecule has 0 radical (unpaired) electrons. The molecule has 0 aromatic carbocycles. The second-order valence-electron chi connectivity index (χ2n) is 2.44. The third-order valence-corrected chi connectivity index (χ3v) is 2.67. The number of nitrogens with zero attached hydrogens (tertiary/aromatic N) is 1. The van der Waals surface area contributed by atoms with Crippen molar-refractivity contribution in [2.24, 2.45) is 0 Å². The van der Waals surface area contributed by atoms with Gasteiger partial charge in [-0.1, -0.05) is 0 Å². The molecular formula is C8H11NO2S. The van der Waals surface area contributed by atoms with E-state index >= 15 is 0 Å². The third-order valence-electron chi connectivity index (χ3n) is 1.54. The molecule has 0 atom stereocenters. The van der Waals surface area contributed by atoms with Gasteiger partial charge in [0.25, 0.3) is 0 Å². The minimum atomic E-state index is 0.130. The van der Waals surface area contributed by atoms with E-state index in [-0.39, 0.29) is 6.61 Å². The number of carbonyl (C=O) groups is 1. The van der Waals surface area contributed by atoms with Crippen molar-refractivity contribution in [3.63, 3.8) is 0 Å².